The van der Waals surface area contributed by atoms with Gasteiger partial charge in [0.2, 0.25) is 0 Å². The fourth-order valence-electron chi connectivity index (χ4n) is 3.26. The third kappa shape index (κ3) is 14.2. The lowest BCUT2D eigenvalue weighted by molar-refractivity contribution is 0.536. The minimum Gasteiger partial charge on any atom is -0.265 e. The molecule has 0 atom stereocenters. The second-order valence-corrected chi connectivity index (χ2v) is 7.19. The van der Waals surface area contributed by atoms with Crippen LogP contribution in [0.4, 0.5) is 0 Å². The third-order valence-electron chi connectivity index (χ3n) is 4.92. The molecule has 0 spiro atoms. The van der Waals surface area contributed by atoms with E-state index in [0.717, 1.165) is 6.42 Å². The summed E-state index contributed by atoms with van der Waals surface area (Å²) < 4.78 is 0. The Kier molecular flexibility index (Phi) is 17.7. The third-order valence-corrected chi connectivity index (χ3v) is 4.92. The second-order valence-electron chi connectivity index (χ2n) is 7.19. The van der Waals surface area contributed by atoms with Gasteiger partial charge in [-0.1, -0.05) is 97.0 Å². The molecule has 1 heterocycles. The number of nitrogens with zero attached hydrogens (tertiary/aromatic N) is 1. The van der Waals surface area contributed by atoms with Crippen LogP contribution < -0.4 is 0 Å². The van der Waals surface area contributed by atoms with Crippen molar-refractivity contribution in [2.75, 3.05) is 0 Å². The lowest BCUT2D eigenvalue weighted by Gasteiger charge is -2.06. The number of unbranched alkanes of at least 4 members (excludes halogenated alkanes) is 13. The average Bonchev–Trinajstić information content (AvgIpc) is 2.62. The normalized spacial score (nSPS) is 10.4. The van der Waals surface area contributed by atoms with Crippen LogP contribution in [0.25, 0.3) is 5.57 Å². The number of halogens is 1. The number of aromatic nitrogens is 1. The van der Waals surface area contributed by atoms with Gasteiger partial charge in [-0.25, -0.2) is 0 Å². The van der Waals surface area contributed by atoms with E-state index in [1.54, 1.807) is 0 Å². The summed E-state index contributed by atoms with van der Waals surface area (Å²) in [6.45, 7) is 6.49. The molecule has 0 saturated carbocycles. The van der Waals surface area contributed by atoms with Crippen LogP contribution in [0.15, 0.2) is 31.1 Å². The molecule has 1 rings (SSSR count). The van der Waals surface area contributed by atoms with Gasteiger partial charge in [0, 0.05) is 12.4 Å². The Morgan fingerprint density at radius 2 is 1.12 bits per heavy atom. The van der Waals surface area contributed by atoms with E-state index in [1.165, 1.54) is 101 Å². The molecule has 0 unspecified atom stereocenters. The molecule has 0 radical (unpaired) electrons. The van der Waals surface area contributed by atoms with Crippen molar-refractivity contribution in [1.29, 1.82) is 0 Å². The van der Waals surface area contributed by atoms with Crippen molar-refractivity contribution < 1.29 is 0 Å². The molecule has 1 aromatic heterocycles. The molecule has 0 N–H and O–H groups in total. The van der Waals surface area contributed by atoms with E-state index in [9.17, 15) is 0 Å². The van der Waals surface area contributed by atoms with Gasteiger partial charge in [0.15, 0.2) is 0 Å². The Morgan fingerprint density at radius 3 is 1.56 bits per heavy atom. The number of hydrogen-bond acceptors (Lipinski definition) is 1. The summed E-state index contributed by atoms with van der Waals surface area (Å²) in [4.78, 5) is 4.06. The topological polar surface area (TPSA) is 12.9 Å². The second kappa shape index (κ2) is 18.2. The van der Waals surface area contributed by atoms with Gasteiger partial charge in [-0.2, -0.15) is 0 Å². The highest BCUT2D eigenvalue weighted by molar-refractivity contribution is 8.93. The number of allylic oxidation sites excluding steroid dienone is 1. The minimum atomic E-state index is 0. The first-order valence-corrected chi connectivity index (χ1v) is 10.4. The summed E-state index contributed by atoms with van der Waals surface area (Å²) in [6, 6.07) is 4.12. The zero-order chi connectivity index (χ0) is 17.3. The van der Waals surface area contributed by atoms with Crippen LogP contribution in [0.2, 0.25) is 0 Å². The van der Waals surface area contributed by atoms with Gasteiger partial charge in [-0.15, -0.1) is 17.0 Å². The standard InChI is InChI=1S/C23H39N.BrH/c1-3-4-5-6-7-8-9-10-11-12-13-14-15-16-17-22(2)23-18-20-24-21-19-23;/h18-21H,2-17H2,1H3;1H. The predicted molar refractivity (Wildman–Crippen MR) is 119 cm³/mol. The number of rotatable bonds is 16. The van der Waals surface area contributed by atoms with Crippen LogP contribution in [0.5, 0.6) is 0 Å². The summed E-state index contributed by atoms with van der Waals surface area (Å²) in [6.07, 6.45) is 24.7. The zero-order valence-corrected chi connectivity index (χ0v) is 18.2. The van der Waals surface area contributed by atoms with Crippen molar-refractivity contribution in [1.82, 2.24) is 4.98 Å². The van der Waals surface area contributed by atoms with E-state index in [-0.39, 0.29) is 17.0 Å². The van der Waals surface area contributed by atoms with E-state index in [1.807, 2.05) is 12.4 Å². The molecule has 0 saturated heterocycles. The van der Waals surface area contributed by atoms with E-state index < -0.39 is 0 Å². The van der Waals surface area contributed by atoms with Gasteiger partial charge in [0.1, 0.15) is 0 Å². The van der Waals surface area contributed by atoms with Gasteiger partial charge in [-0.3, -0.25) is 4.98 Å². The van der Waals surface area contributed by atoms with Crippen LogP contribution in [0, 0.1) is 0 Å². The molecule has 0 fully saturated rings. The molecule has 1 aromatic rings. The van der Waals surface area contributed by atoms with Crippen molar-refractivity contribution in [2.45, 2.75) is 103 Å². The Hall–Kier alpha value is -0.630. The predicted octanol–water partition coefficient (Wildman–Crippen LogP) is 8.54. The van der Waals surface area contributed by atoms with Gasteiger partial charge >= 0.3 is 0 Å². The van der Waals surface area contributed by atoms with E-state index in [2.05, 4.69) is 30.6 Å². The molecule has 25 heavy (non-hydrogen) atoms. The first-order valence-electron chi connectivity index (χ1n) is 10.4. The summed E-state index contributed by atoms with van der Waals surface area (Å²) in [5.41, 5.74) is 2.51. The largest absolute Gasteiger partial charge is 0.265 e. The van der Waals surface area contributed by atoms with Gasteiger partial charge in [0.25, 0.3) is 0 Å². The molecular weight excluding hydrogens is 370 g/mol. The zero-order valence-electron chi connectivity index (χ0n) is 16.5. The first-order chi connectivity index (χ1) is 11.8. The highest BCUT2D eigenvalue weighted by atomic mass is 79.9. The van der Waals surface area contributed by atoms with Crippen molar-refractivity contribution >= 4 is 22.6 Å². The SMILES string of the molecule is Br.C=C(CCCCCCCCCCCCCCCC)c1ccncc1. The Bertz CT molecular complexity index is 402. The molecule has 0 amide bonds. The van der Waals surface area contributed by atoms with Crippen LogP contribution in [-0.2, 0) is 0 Å². The number of hydrogen-bond donors (Lipinski definition) is 0. The fourth-order valence-corrected chi connectivity index (χ4v) is 3.26. The van der Waals surface area contributed by atoms with Gasteiger partial charge in [-0.05, 0) is 36.1 Å². The number of pyridine rings is 1. The molecular formula is C23H40BrN. The quantitative estimate of drug-likeness (QED) is 0.249. The van der Waals surface area contributed by atoms with Crippen molar-refractivity contribution in [2.24, 2.45) is 0 Å². The summed E-state index contributed by atoms with van der Waals surface area (Å²) in [5, 5.41) is 0. The fraction of sp³-hybridized carbons (Fsp3) is 0.696. The van der Waals surface area contributed by atoms with E-state index in [0.29, 0.717) is 0 Å². The summed E-state index contributed by atoms with van der Waals surface area (Å²) in [7, 11) is 0. The smallest absolute Gasteiger partial charge is 0.0273 e. The van der Waals surface area contributed by atoms with Gasteiger partial charge < -0.3 is 0 Å². The van der Waals surface area contributed by atoms with Crippen LogP contribution >= 0.6 is 17.0 Å². The molecule has 0 bridgehead atoms. The van der Waals surface area contributed by atoms with Gasteiger partial charge in [0.05, 0.1) is 0 Å². The average molecular weight is 410 g/mol. The Morgan fingerprint density at radius 1 is 0.720 bits per heavy atom. The Labute approximate surface area is 167 Å². The highest BCUT2D eigenvalue weighted by Crippen LogP contribution is 2.19. The molecule has 0 aliphatic rings. The van der Waals surface area contributed by atoms with Crippen LogP contribution in [0.3, 0.4) is 0 Å². The monoisotopic (exact) mass is 409 g/mol. The highest BCUT2D eigenvalue weighted by Gasteiger charge is 1.98. The molecule has 2 heteroatoms. The lowest BCUT2D eigenvalue weighted by atomic mass is 10.0. The van der Waals surface area contributed by atoms with E-state index in [4.69, 9.17) is 0 Å². The Balaban J connectivity index is 0.00000576. The van der Waals surface area contributed by atoms with Crippen molar-refractivity contribution in [3.05, 3.63) is 36.7 Å². The van der Waals surface area contributed by atoms with Crippen LogP contribution in [-0.4, -0.2) is 4.98 Å². The first kappa shape index (κ1) is 24.4. The van der Waals surface area contributed by atoms with Crippen LogP contribution in [0.1, 0.15) is 109 Å². The summed E-state index contributed by atoms with van der Waals surface area (Å²) in [5.74, 6) is 0. The molecule has 0 aromatic carbocycles. The maximum Gasteiger partial charge on any atom is 0.0273 e. The molecule has 0 aliphatic heterocycles. The van der Waals surface area contributed by atoms with E-state index >= 15 is 0 Å². The molecule has 1 nitrogen and oxygen atoms in total. The van der Waals surface area contributed by atoms with Crippen molar-refractivity contribution in [3.63, 3.8) is 0 Å². The lowest BCUT2D eigenvalue weighted by Crippen LogP contribution is -1.86. The van der Waals surface area contributed by atoms with Crippen molar-refractivity contribution in [3.8, 4) is 0 Å². The maximum atomic E-state index is 4.20. The maximum absolute atomic E-state index is 4.20. The minimum absolute atomic E-state index is 0. The molecule has 0 aliphatic carbocycles. The summed E-state index contributed by atoms with van der Waals surface area (Å²) >= 11 is 0. The molecule has 144 valence electrons.